The lowest BCUT2D eigenvalue weighted by molar-refractivity contribution is -0.143. The Morgan fingerprint density at radius 3 is 2.29 bits per heavy atom. The minimum atomic E-state index is -1.04. The van der Waals surface area contributed by atoms with Crippen LogP contribution in [0.2, 0.25) is 0 Å². The molecule has 1 aromatic rings. The van der Waals surface area contributed by atoms with Gasteiger partial charge in [0.1, 0.15) is 12.3 Å². The number of urea groups is 1. The van der Waals surface area contributed by atoms with E-state index in [1.54, 1.807) is 26.0 Å². The normalized spacial score (nSPS) is 14.0. The number of rotatable bonds is 7. The molecule has 1 aromatic carbocycles. The van der Waals surface area contributed by atoms with E-state index >= 15 is 0 Å². The zero-order valence-corrected chi connectivity index (χ0v) is 16.1. The summed E-state index contributed by atoms with van der Waals surface area (Å²) in [7, 11) is 1.40. The van der Waals surface area contributed by atoms with Gasteiger partial charge in [-0.15, -0.1) is 0 Å². The van der Waals surface area contributed by atoms with E-state index in [0.717, 1.165) is 4.90 Å². The number of nitrogens with zero attached hydrogens (tertiary/aromatic N) is 2. The molecule has 28 heavy (non-hydrogen) atoms. The Morgan fingerprint density at radius 2 is 1.71 bits per heavy atom. The van der Waals surface area contributed by atoms with E-state index < -0.39 is 30.3 Å². The van der Waals surface area contributed by atoms with Gasteiger partial charge in [-0.1, -0.05) is 13.8 Å². The largest absolute Gasteiger partial charge is 0.495 e. The number of anilines is 2. The summed E-state index contributed by atoms with van der Waals surface area (Å²) in [5.74, 6) is -2.68. The van der Waals surface area contributed by atoms with Gasteiger partial charge in [-0.25, -0.2) is 9.69 Å². The van der Waals surface area contributed by atoms with E-state index in [2.05, 4.69) is 10.6 Å². The molecule has 0 saturated carbocycles. The summed E-state index contributed by atoms with van der Waals surface area (Å²) >= 11 is 0. The maximum Gasteiger partial charge on any atom is 0.334 e. The molecule has 1 aliphatic rings. The summed E-state index contributed by atoms with van der Waals surface area (Å²) < 4.78 is 5.16. The fourth-order valence-electron chi connectivity index (χ4n) is 2.64. The third-order valence-corrected chi connectivity index (χ3v) is 3.78. The van der Waals surface area contributed by atoms with Crippen molar-refractivity contribution in [2.75, 3.05) is 30.8 Å². The van der Waals surface area contributed by atoms with E-state index in [9.17, 15) is 24.0 Å². The highest BCUT2D eigenvalue weighted by Gasteiger charge is 2.45. The molecular weight excluding hydrogens is 368 g/mol. The quantitative estimate of drug-likeness (QED) is 0.529. The highest BCUT2D eigenvalue weighted by molar-refractivity contribution is 6.45. The summed E-state index contributed by atoms with van der Waals surface area (Å²) in [6.07, 6.45) is 0. The zero-order chi connectivity index (χ0) is 21.0. The minimum absolute atomic E-state index is 0.0183. The van der Waals surface area contributed by atoms with Gasteiger partial charge in [0.05, 0.1) is 12.8 Å². The molecule has 0 spiro atoms. The van der Waals surface area contributed by atoms with Gasteiger partial charge in [0.25, 0.3) is 0 Å². The van der Waals surface area contributed by atoms with Crippen LogP contribution < -0.4 is 15.4 Å². The summed E-state index contributed by atoms with van der Waals surface area (Å²) in [6.45, 7) is 4.41. The molecule has 1 saturated heterocycles. The molecule has 10 heteroatoms. The molecule has 0 atom stereocenters. The lowest BCUT2D eigenvalue weighted by atomic mass is 10.2. The summed E-state index contributed by atoms with van der Waals surface area (Å²) in [5, 5.41) is 5.09. The highest BCUT2D eigenvalue weighted by Crippen LogP contribution is 2.28. The lowest BCUT2D eigenvalue weighted by Crippen LogP contribution is -2.39. The summed E-state index contributed by atoms with van der Waals surface area (Å²) in [4.78, 5) is 61.3. The first-order chi connectivity index (χ1) is 13.1. The number of hydrogen-bond acceptors (Lipinski definition) is 6. The van der Waals surface area contributed by atoms with Gasteiger partial charge in [0.2, 0.25) is 11.8 Å². The number of benzene rings is 1. The van der Waals surface area contributed by atoms with Crippen molar-refractivity contribution >= 4 is 41.0 Å². The predicted octanol–water partition coefficient (Wildman–Crippen LogP) is 1.04. The van der Waals surface area contributed by atoms with E-state index in [1.807, 2.05) is 0 Å². The second-order valence-corrected chi connectivity index (χ2v) is 6.63. The molecule has 0 radical (unpaired) electrons. The fraction of sp³-hybridized carbons (Fsp3) is 0.389. The van der Waals surface area contributed by atoms with Crippen LogP contribution in [0.15, 0.2) is 18.2 Å². The van der Waals surface area contributed by atoms with Crippen molar-refractivity contribution in [2.45, 2.75) is 20.8 Å². The SMILES string of the molecule is COc1ccc(NC(C)=O)cc1NC(=O)CN1C(=O)C(=O)N(CC(C)C)C1=O. The Bertz CT molecular complexity index is 835. The van der Waals surface area contributed by atoms with Gasteiger partial charge in [-0.05, 0) is 24.1 Å². The van der Waals surface area contributed by atoms with Crippen LogP contribution >= 0.6 is 0 Å². The Balaban J connectivity index is 2.13. The number of imide groups is 2. The highest BCUT2D eigenvalue weighted by atomic mass is 16.5. The van der Waals surface area contributed by atoms with Crippen LogP contribution in [0, 0.1) is 5.92 Å². The molecule has 0 bridgehead atoms. The first-order valence-electron chi connectivity index (χ1n) is 8.56. The maximum absolute atomic E-state index is 12.4. The topological polar surface area (TPSA) is 125 Å². The molecule has 6 amide bonds. The van der Waals surface area contributed by atoms with E-state index in [0.29, 0.717) is 16.3 Å². The number of ether oxygens (including phenoxy) is 1. The monoisotopic (exact) mass is 390 g/mol. The molecule has 1 aliphatic heterocycles. The van der Waals surface area contributed by atoms with Gasteiger partial charge in [0, 0.05) is 19.2 Å². The van der Waals surface area contributed by atoms with Crippen LogP contribution in [0.25, 0.3) is 0 Å². The zero-order valence-electron chi connectivity index (χ0n) is 16.1. The van der Waals surface area contributed by atoms with Crippen LogP contribution in [0.1, 0.15) is 20.8 Å². The van der Waals surface area contributed by atoms with Crippen molar-refractivity contribution in [2.24, 2.45) is 5.92 Å². The molecule has 1 fully saturated rings. The van der Waals surface area contributed by atoms with Crippen LogP contribution in [-0.2, 0) is 19.2 Å². The van der Waals surface area contributed by atoms with Crippen molar-refractivity contribution in [1.82, 2.24) is 9.80 Å². The second kappa shape index (κ2) is 8.51. The number of carbonyl (C=O) groups is 5. The van der Waals surface area contributed by atoms with Gasteiger partial charge >= 0.3 is 17.8 Å². The standard InChI is InChI=1S/C18H22N4O6/c1-10(2)8-21-16(25)17(26)22(18(21)27)9-15(24)20-13-7-12(19-11(3)23)5-6-14(13)28-4/h5-7,10H,8-9H2,1-4H3,(H,19,23)(H,20,24). The van der Waals surface area contributed by atoms with Crippen molar-refractivity contribution in [3.8, 4) is 5.75 Å². The Labute approximate surface area is 161 Å². The third kappa shape index (κ3) is 4.64. The van der Waals surface area contributed by atoms with E-state index in [4.69, 9.17) is 4.74 Å². The number of methoxy groups -OCH3 is 1. The van der Waals surface area contributed by atoms with Crippen molar-refractivity contribution in [3.63, 3.8) is 0 Å². The summed E-state index contributed by atoms with van der Waals surface area (Å²) in [5.41, 5.74) is 0.665. The van der Waals surface area contributed by atoms with Crippen molar-refractivity contribution in [3.05, 3.63) is 18.2 Å². The molecule has 2 N–H and O–H groups in total. The molecule has 2 rings (SSSR count). The van der Waals surface area contributed by atoms with Gasteiger partial charge in [0.15, 0.2) is 0 Å². The molecule has 150 valence electrons. The van der Waals surface area contributed by atoms with Crippen molar-refractivity contribution < 1.29 is 28.7 Å². The third-order valence-electron chi connectivity index (χ3n) is 3.78. The number of nitrogens with one attached hydrogen (secondary N) is 2. The number of hydrogen-bond donors (Lipinski definition) is 2. The van der Waals surface area contributed by atoms with Crippen LogP contribution in [-0.4, -0.2) is 59.7 Å². The molecule has 0 aliphatic carbocycles. The van der Waals surface area contributed by atoms with E-state index in [1.165, 1.54) is 20.1 Å². The molecule has 1 heterocycles. The number of amides is 6. The van der Waals surface area contributed by atoms with Gasteiger partial charge < -0.3 is 15.4 Å². The van der Waals surface area contributed by atoms with Gasteiger partial charge in [-0.2, -0.15) is 0 Å². The Hall–Kier alpha value is -3.43. The molecule has 0 aromatic heterocycles. The molecular formula is C18H22N4O6. The second-order valence-electron chi connectivity index (χ2n) is 6.63. The first-order valence-corrected chi connectivity index (χ1v) is 8.56. The Kier molecular flexibility index (Phi) is 6.34. The lowest BCUT2D eigenvalue weighted by Gasteiger charge is -2.17. The average Bonchev–Trinajstić information content (AvgIpc) is 2.79. The smallest absolute Gasteiger partial charge is 0.334 e. The molecule has 10 nitrogen and oxygen atoms in total. The van der Waals surface area contributed by atoms with Crippen LogP contribution in [0.5, 0.6) is 5.75 Å². The van der Waals surface area contributed by atoms with Crippen LogP contribution in [0.4, 0.5) is 16.2 Å². The first kappa shape index (κ1) is 20.9. The van der Waals surface area contributed by atoms with E-state index in [-0.39, 0.29) is 24.1 Å². The number of carbonyl (C=O) groups excluding carboxylic acids is 5. The Morgan fingerprint density at radius 1 is 1.07 bits per heavy atom. The predicted molar refractivity (Wildman–Crippen MR) is 99.6 cm³/mol. The average molecular weight is 390 g/mol. The summed E-state index contributed by atoms with van der Waals surface area (Å²) in [6, 6.07) is 3.78. The molecule has 0 unspecified atom stereocenters. The fourth-order valence-corrected chi connectivity index (χ4v) is 2.64. The van der Waals surface area contributed by atoms with Crippen LogP contribution in [0.3, 0.4) is 0 Å². The van der Waals surface area contributed by atoms with Crippen molar-refractivity contribution in [1.29, 1.82) is 0 Å². The maximum atomic E-state index is 12.4. The van der Waals surface area contributed by atoms with Gasteiger partial charge in [-0.3, -0.25) is 24.1 Å². The minimum Gasteiger partial charge on any atom is -0.495 e.